The molecule has 0 aliphatic heterocycles. The van der Waals surface area contributed by atoms with Crippen molar-refractivity contribution < 1.29 is 26.4 Å². The largest absolute Gasteiger partial charge is 0.416 e. The van der Waals surface area contributed by atoms with E-state index in [4.69, 9.17) is 0 Å². The zero-order valence-corrected chi connectivity index (χ0v) is 18.1. The van der Waals surface area contributed by atoms with Crippen LogP contribution in [-0.4, -0.2) is 26.6 Å². The molecule has 0 aliphatic carbocycles. The minimum Gasteiger partial charge on any atom is -0.350 e. The Kier molecular flexibility index (Phi) is 7.18. The third-order valence-corrected chi connectivity index (χ3v) is 5.69. The standard InChI is InChI=1S/C21H25F3N2O3S/c1-5-19(26(30(4,28)29)18-10-14(2)9-15(3)11-18)20(27)25-13-16-7-6-8-17(12-16)21(22,23)24/h6-12,19H,5,13H2,1-4H3,(H,25,27)/t19-/m0/s1. The molecule has 1 amide bonds. The molecule has 0 heterocycles. The average Bonchev–Trinajstić information content (AvgIpc) is 2.61. The Balaban J connectivity index is 2.28. The highest BCUT2D eigenvalue weighted by Gasteiger charge is 2.32. The molecule has 0 aliphatic rings. The van der Waals surface area contributed by atoms with Gasteiger partial charge in [0.05, 0.1) is 17.5 Å². The molecule has 2 aromatic carbocycles. The second-order valence-electron chi connectivity index (χ2n) is 7.24. The maximum atomic E-state index is 12.9. The molecule has 5 nitrogen and oxygen atoms in total. The van der Waals surface area contributed by atoms with Gasteiger partial charge in [-0.3, -0.25) is 9.10 Å². The van der Waals surface area contributed by atoms with Crippen LogP contribution in [0.25, 0.3) is 0 Å². The Morgan fingerprint density at radius 1 is 1.10 bits per heavy atom. The number of halogens is 3. The number of nitrogens with one attached hydrogen (secondary N) is 1. The first-order valence-electron chi connectivity index (χ1n) is 9.34. The zero-order chi connectivity index (χ0) is 22.7. The van der Waals surface area contributed by atoms with Crippen LogP contribution in [0, 0.1) is 13.8 Å². The number of carbonyl (C=O) groups excluding carboxylic acids is 1. The third kappa shape index (κ3) is 5.98. The first kappa shape index (κ1) is 23.7. The monoisotopic (exact) mass is 442 g/mol. The summed E-state index contributed by atoms with van der Waals surface area (Å²) in [6.07, 6.45) is -3.27. The van der Waals surface area contributed by atoms with E-state index in [1.54, 1.807) is 19.1 Å². The fourth-order valence-electron chi connectivity index (χ4n) is 3.30. The van der Waals surface area contributed by atoms with Crippen LogP contribution in [-0.2, 0) is 27.5 Å². The third-order valence-electron chi connectivity index (χ3n) is 4.51. The molecule has 0 fully saturated rings. The first-order valence-corrected chi connectivity index (χ1v) is 11.2. The van der Waals surface area contributed by atoms with E-state index in [9.17, 15) is 26.4 Å². The van der Waals surface area contributed by atoms with Gasteiger partial charge in [-0.15, -0.1) is 0 Å². The average molecular weight is 443 g/mol. The van der Waals surface area contributed by atoms with Crippen molar-refractivity contribution in [2.75, 3.05) is 10.6 Å². The van der Waals surface area contributed by atoms with Gasteiger partial charge in [-0.1, -0.05) is 25.1 Å². The topological polar surface area (TPSA) is 66.5 Å². The molecule has 0 aromatic heterocycles. The molecular formula is C21H25F3N2O3S. The van der Waals surface area contributed by atoms with Crippen molar-refractivity contribution in [1.29, 1.82) is 0 Å². The van der Waals surface area contributed by atoms with Crippen LogP contribution >= 0.6 is 0 Å². The van der Waals surface area contributed by atoms with E-state index in [1.165, 1.54) is 12.1 Å². The number of sulfonamides is 1. The van der Waals surface area contributed by atoms with Gasteiger partial charge in [0.1, 0.15) is 6.04 Å². The van der Waals surface area contributed by atoms with Crippen molar-refractivity contribution >= 4 is 21.6 Å². The second kappa shape index (κ2) is 9.07. The molecule has 164 valence electrons. The zero-order valence-electron chi connectivity index (χ0n) is 17.2. The summed E-state index contributed by atoms with van der Waals surface area (Å²) in [5.41, 5.74) is 1.52. The Bertz CT molecular complexity index is 1000. The number of nitrogens with zero attached hydrogens (tertiary/aromatic N) is 1. The van der Waals surface area contributed by atoms with E-state index < -0.39 is 33.7 Å². The van der Waals surface area contributed by atoms with Gasteiger partial charge >= 0.3 is 6.18 Å². The maximum absolute atomic E-state index is 12.9. The number of aryl methyl sites for hydroxylation is 2. The summed E-state index contributed by atoms with van der Waals surface area (Å²) in [6.45, 7) is 5.18. The van der Waals surface area contributed by atoms with Crippen molar-refractivity contribution in [2.45, 2.75) is 46.0 Å². The molecule has 30 heavy (non-hydrogen) atoms. The van der Waals surface area contributed by atoms with Crippen molar-refractivity contribution in [1.82, 2.24) is 5.32 Å². The Morgan fingerprint density at radius 3 is 2.20 bits per heavy atom. The molecular weight excluding hydrogens is 417 g/mol. The highest BCUT2D eigenvalue weighted by molar-refractivity contribution is 7.92. The fourth-order valence-corrected chi connectivity index (χ4v) is 4.50. The van der Waals surface area contributed by atoms with Crippen LogP contribution in [0.2, 0.25) is 0 Å². The highest BCUT2D eigenvalue weighted by atomic mass is 32.2. The number of anilines is 1. The van der Waals surface area contributed by atoms with E-state index >= 15 is 0 Å². The predicted octanol–water partition coefficient (Wildman–Crippen LogP) is 4.18. The lowest BCUT2D eigenvalue weighted by atomic mass is 10.1. The number of hydrogen-bond acceptors (Lipinski definition) is 3. The highest BCUT2D eigenvalue weighted by Crippen LogP contribution is 2.29. The van der Waals surface area contributed by atoms with E-state index in [2.05, 4.69) is 5.32 Å². The van der Waals surface area contributed by atoms with Crippen LogP contribution in [0.3, 0.4) is 0 Å². The van der Waals surface area contributed by atoms with Crippen molar-refractivity contribution in [3.63, 3.8) is 0 Å². The van der Waals surface area contributed by atoms with E-state index in [1.807, 2.05) is 19.9 Å². The Labute approximate surface area is 175 Å². The number of rotatable bonds is 7. The van der Waals surface area contributed by atoms with E-state index in [0.717, 1.165) is 33.8 Å². The van der Waals surface area contributed by atoms with Crippen molar-refractivity contribution in [2.24, 2.45) is 0 Å². The molecule has 2 rings (SSSR count). The van der Waals surface area contributed by atoms with Gasteiger partial charge in [0.2, 0.25) is 15.9 Å². The summed E-state index contributed by atoms with van der Waals surface area (Å²) in [5, 5.41) is 2.57. The smallest absolute Gasteiger partial charge is 0.350 e. The van der Waals surface area contributed by atoms with E-state index in [-0.39, 0.29) is 18.5 Å². The van der Waals surface area contributed by atoms with Crippen molar-refractivity contribution in [3.8, 4) is 0 Å². The minimum atomic E-state index is -4.48. The molecule has 2 aromatic rings. The molecule has 0 unspecified atom stereocenters. The van der Waals surface area contributed by atoms with Crippen LogP contribution in [0.1, 0.15) is 35.6 Å². The molecule has 0 spiro atoms. The minimum absolute atomic E-state index is 0.149. The van der Waals surface area contributed by atoms with Crippen LogP contribution in [0.15, 0.2) is 42.5 Å². The summed E-state index contributed by atoms with van der Waals surface area (Å²) in [7, 11) is -3.79. The summed E-state index contributed by atoms with van der Waals surface area (Å²) in [6, 6.07) is 8.85. The molecule has 1 N–H and O–H groups in total. The maximum Gasteiger partial charge on any atom is 0.416 e. The number of amides is 1. The van der Waals surface area contributed by atoms with Gasteiger partial charge in [-0.25, -0.2) is 8.42 Å². The van der Waals surface area contributed by atoms with Gasteiger partial charge < -0.3 is 5.32 Å². The van der Waals surface area contributed by atoms with Gasteiger partial charge in [-0.05, 0) is 61.2 Å². The number of alkyl halides is 3. The normalized spacial score (nSPS) is 13.0. The molecule has 1 atom stereocenters. The summed E-state index contributed by atoms with van der Waals surface area (Å²) in [5.74, 6) is -0.584. The molecule has 0 saturated carbocycles. The molecule has 9 heteroatoms. The summed E-state index contributed by atoms with van der Waals surface area (Å²) >= 11 is 0. The number of benzene rings is 2. The SMILES string of the molecule is CC[C@@H](C(=O)NCc1cccc(C(F)(F)F)c1)N(c1cc(C)cc(C)c1)S(C)(=O)=O. The quantitative estimate of drug-likeness (QED) is 0.700. The Hall–Kier alpha value is -2.55. The van der Waals surface area contributed by atoms with Crippen LogP contribution < -0.4 is 9.62 Å². The predicted molar refractivity (Wildman–Crippen MR) is 111 cm³/mol. The lowest BCUT2D eigenvalue weighted by Gasteiger charge is -2.30. The van der Waals surface area contributed by atoms with E-state index in [0.29, 0.717) is 5.69 Å². The fraction of sp³-hybridized carbons (Fsp3) is 0.381. The van der Waals surface area contributed by atoms with Gasteiger partial charge in [-0.2, -0.15) is 13.2 Å². The second-order valence-corrected chi connectivity index (χ2v) is 9.10. The van der Waals surface area contributed by atoms with Crippen LogP contribution in [0.4, 0.5) is 18.9 Å². The Morgan fingerprint density at radius 2 is 1.70 bits per heavy atom. The van der Waals surface area contributed by atoms with Crippen LogP contribution in [0.5, 0.6) is 0 Å². The lowest BCUT2D eigenvalue weighted by molar-refractivity contribution is -0.137. The van der Waals surface area contributed by atoms with Gasteiger partial charge in [0.25, 0.3) is 0 Å². The number of carbonyl (C=O) groups is 1. The summed E-state index contributed by atoms with van der Waals surface area (Å²) in [4.78, 5) is 12.8. The molecule has 0 radical (unpaired) electrons. The van der Waals surface area contributed by atoms with Gasteiger partial charge in [0, 0.05) is 6.54 Å². The lowest BCUT2D eigenvalue weighted by Crippen LogP contribution is -2.49. The summed E-state index contributed by atoms with van der Waals surface area (Å²) < 4.78 is 64.7. The van der Waals surface area contributed by atoms with Gasteiger partial charge in [0.15, 0.2) is 0 Å². The number of hydrogen-bond donors (Lipinski definition) is 1. The first-order chi connectivity index (χ1) is 13.8. The molecule has 0 saturated heterocycles. The molecule has 0 bridgehead atoms. The van der Waals surface area contributed by atoms with Crippen molar-refractivity contribution in [3.05, 3.63) is 64.7 Å².